The molecule has 1 amide bonds. The summed E-state index contributed by atoms with van der Waals surface area (Å²) in [5.74, 6) is -1.54. The van der Waals surface area contributed by atoms with Crippen LogP contribution in [-0.4, -0.2) is 39.4 Å². The summed E-state index contributed by atoms with van der Waals surface area (Å²) in [7, 11) is 0. The van der Waals surface area contributed by atoms with Crippen LogP contribution in [0.2, 0.25) is 0 Å². The van der Waals surface area contributed by atoms with Crippen molar-refractivity contribution in [3.8, 4) is 0 Å². The van der Waals surface area contributed by atoms with E-state index >= 15 is 0 Å². The first-order valence-electron chi connectivity index (χ1n) is 11.0. The Morgan fingerprint density at radius 1 is 1.12 bits per heavy atom. The summed E-state index contributed by atoms with van der Waals surface area (Å²) in [5, 5.41) is 17.0. The van der Waals surface area contributed by atoms with Crippen LogP contribution in [0.1, 0.15) is 39.9 Å². The third-order valence-electron chi connectivity index (χ3n) is 6.65. The van der Waals surface area contributed by atoms with Gasteiger partial charge in [0.25, 0.3) is 11.5 Å². The van der Waals surface area contributed by atoms with Gasteiger partial charge in [0.2, 0.25) is 0 Å². The molecule has 0 atom stereocenters. The topological polar surface area (TPSA) is 115 Å². The number of rotatable bonds is 2. The SMILES string of the molecule is Cc1cc2c(cc1C(=O)N1Cc3c(F)ccc(F)c3C1)[nH]c(=O)c(=N)n2C(=N)C1CCOCC1. The van der Waals surface area contributed by atoms with E-state index in [2.05, 4.69) is 4.98 Å². The van der Waals surface area contributed by atoms with Crippen LogP contribution >= 0.6 is 0 Å². The fraction of sp³-hybridized carbons (Fsp3) is 0.333. The summed E-state index contributed by atoms with van der Waals surface area (Å²) >= 11 is 0. The van der Waals surface area contributed by atoms with Crippen LogP contribution in [0.5, 0.6) is 0 Å². The average molecular weight is 467 g/mol. The highest BCUT2D eigenvalue weighted by atomic mass is 19.1. The van der Waals surface area contributed by atoms with E-state index in [9.17, 15) is 18.4 Å². The fourth-order valence-electron chi connectivity index (χ4n) is 4.74. The van der Waals surface area contributed by atoms with Crippen molar-refractivity contribution < 1.29 is 18.3 Å². The van der Waals surface area contributed by atoms with Gasteiger partial charge in [-0.3, -0.25) is 25.0 Å². The van der Waals surface area contributed by atoms with Gasteiger partial charge in [0.15, 0.2) is 5.49 Å². The Bertz CT molecular complexity index is 1440. The Morgan fingerprint density at radius 2 is 1.74 bits per heavy atom. The highest BCUT2D eigenvalue weighted by Crippen LogP contribution is 2.30. The molecule has 0 unspecified atom stereocenters. The lowest BCUT2D eigenvalue weighted by Gasteiger charge is -2.25. The second-order valence-electron chi connectivity index (χ2n) is 8.74. The molecule has 34 heavy (non-hydrogen) atoms. The van der Waals surface area contributed by atoms with E-state index in [1.165, 1.54) is 15.5 Å². The lowest BCUT2D eigenvalue weighted by atomic mass is 9.98. The number of halogens is 2. The van der Waals surface area contributed by atoms with Gasteiger partial charge in [0.05, 0.1) is 11.0 Å². The molecule has 3 N–H and O–H groups in total. The molecular formula is C24H23F2N5O3. The number of hydrogen-bond donors (Lipinski definition) is 3. The van der Waals surface area contributed by atoms with Gasteiger partial charge in [-0.15, -0.1) is 0 Å². The molecule has 1 aromatic heterocycles. The third-order valence-corrected chi connectivity index (χ3v) is 6.65. The predicted octanol–water partition coefficient (Wildman–Crippen LogP) is 2.80. The monoisotopic (exact) mass is 467 g/mol. The quantitative estimate of drug-likeness (QED) is 0.398. The van der Waals surface area contributed by atoms with Crippen LogP contribution in [0.25, 0.3) is 11.0 Å². The van der Waals surface area contributed by atoms with Crippen molar-refractivity contribution >= 4 is 22.8 Å². The lowest BCUT2D eigenvalue weighted by Crippen LogP contribution is -2.43. The van der Waals surface area contributed by atoms with Crippen LogP contribution in [0.4, 0.5) is 8.78 Å². The number of nitrogens with one attached hydrogen (secondary N) is 3. The van der Waals surface area contributed by atoms with Crippen molar-refractivity contribution in [2.45, 2.75) is 32.9 Å². The number of aromatic amines is 1. The van der Waals surface area contributed by atoms with E-state index in [4.69, 9.17) is 15.6 Å². The molecule has 0 radical (unpaired) electrons. The minimum absolute atomic E-state index is 0.0498. The van der Waals surface area contributed by atoms with E-state index in [0.717, 1.165) is 12.1 Å². The molecule has 176 valence electrons. The Labute approximate surface area is 192 Å². The van der Waals surface area contributed by atoms with Gasteiger partial charge >= 0.3 is 0 Å². The fourth-order valence-corrected chi connectivity index (χ4v) is 4.74. The Balaban J connectivity index is 1.56. The number of aromatic nitrogens is 2. The second-order valence-corrected chi connectivity index (χ2v) is 8.74. The first-order chi connectivity index (χ1) is 16.3. The Kier molecular flexibility index (Phi) is 5.40. The normalized spacial score (nSPS) is 16.1. The summed E-state index contributed by atoms with van der Waals surface area (Å²) in [6.45, 7) is 2.64. The molecule has 0 aliphatic carbocycles. The highest BCUT2D eigenvalue weighted by molar-refractivity contribution is 6.00. The maximum absolute atomic E-state index is 14.2. The zero-order valence-electron chi connectivity index (χ0n) is 18.5. The van der Waals surface area contributed by atoms with Crippen molar-refractivity contribution in [1.29, 1.82) is 10.8 Å². The van der Waals surface area contributed by atoms with Crippen molar-refractivity contribution in [2.24, 2.45) is 5.92 Å². The summed E-state index contributed by atoms with van der Waals surface area (Å²) < 4.78 is 35.0. The van der Waals surface area contributed by atoms with Gasteiger partial charge in [-0.25, -0.2) is 8.78 Å². The van der Waals surface area contributed by atoms with Crippen molar-refractivity contribution in [3.05, 3.63) is 74.0 Å². The molecule has 8 nitrogen and oxygen atoms in total. The summed E-state index contributed by atoms with van der Waals surface area (Å²) in [6.07, 6.45) is 1.25. The lowest BCUT2D eigenvalue weighted by molar-refractivity contribution is 0.0749. The molecule has 5 rings (SSSR count). The molecular weight excluding hydrogens is 444 g/mol. The number of carbonyl (C=O) groups is 1. The van der Waals surface area contributed by atoms with Gasteiger partial charge < -0.3 is 14.6 Å². The molecule has 2 aliphatic rings. The van der Waals surface area contributed by atoms with Crippen LogP contribution in [0.3, 0.4) is 0 Å². The van der Waals surface area contributed by atoms with Crippen molar-refractivity contribution in [3.63, 3.8) is 0 Å². The maximum atomic E-state index is 14.2. The largest absolute Gasteiger partial charge is 0.381 e. The number of carbonyl (C=O) groups excluding carboxylic acids is 1. The second kappa shape index (κ2) is 8.28. The number of nitrogens with zero attached hydrogens (tertiary/aromatic N) is 2. The first-order valence-corrected chi connectivity index (χ1v) is 11.0. The van der Waals surface area contributed by atoms with Crippen LogP contribution in [0, 0.1) is 35.3 Å². The van der Waals surface area contributed by atoms with Crippen LogP contribution < -0.4 is 11.0 Å². The molecule has 0 spiro atoms. The molecule has 1 fully saturated rings. The summed E-state index contributed by atoms with van der Waals surface area (Å²) in [4.78, 5) is 29.8. The third kappa shape index (κ3) is 3.54. The molecule has 0 bridgehead atoms. The maximum Gasteiger partial charge on any atom is 0.291 e. The molecule has 10 heteroatoms. The van der Waals surface area contributed by atoms with Crippen LogP contribution in [-0.2, 0) is 17.8 Å². The van der Waals surface area contributed by atoms with E-state index in [0.29, 0.717) is 42.7 Å². The van der Waals surface area contributed by atoms with E-state index < -0.39 is 23.1 Å². The van der Waals surface area contributed by atoms with Crippen molar-refractivity contribution in [1.82, 2.24) is 14.5 Å². The molecule has 1 saturated heterocycles. The number of aryl methyl sites for hydroxylation is 1. The number of hydrogen-bond acceptors (Lipinski definition) is 5. The van der Waals surface area contributed by atoms with Gasteiger partial charge in [0.1, 0.15) is 17.5 Å². The molecule has 3 aromatic rings. The van der Waals surface area contributed by atoms with Gasteiger partial charge in [-0.05, 0) is 49.6 Å². The van der Waals surface area contributed by atoms with E-state index in [1.807, 2.05) is 0 Å². The van der Waals surface area contributed by atoms with E-state index in [1.54, 1.807) is 13.0 Å². The summed E-state index contributed by atoms with van der Waals surface area (Å²) in [5.41, 5.74) is 0.891. The average Bonchev–Trinajstić information content (AvgIpc) is 3.29. The minimum atomic E-state index is -0.677. The zero-order valence-corrected chi connectivity index (χ0v) is 18.5. The standard InChI is InChI=1S/C24H23F2N5O3/c1-12-8-20-19(29-23(32)22(28)31(20)21(27)13-4-6-34-7-5-13)9-14(12)24(33)30-10-15-16(11-30)18(26)3-2-17(15)25/h2-3,8-9,13,27-28H,4-7,10-11H2,1H3,(H,29,32). The summed E-state index contributed by atoms with van der Waals surface area (Å²) in [6, 6.07) is 5.28. The predicted molar refractivity (Wildman–Crippen MR) is 120 cm³/mol. The Morgan fingerprint density at radius 3 is 2.35 bits per heavy atom. The van der Waals surface area contributed by atoms with Gasteiger partial charge in [-0.1, -0.05) is 0 Å². The first kappa shape index (κ1) is 22.1. The number of fused-ring (bicyclic) bond motifs is 2. The van der Waals surface area contributed by atoms with Crippen molar-refractivity contribution in [2.75, 3.05) is 13.2 Å². The smallest absolute Gasteiger partial charge is 0.291 e. The van der Waals surface area contributed by atoms with Gasteiger partial charge in [-0.2, -0.15) is 0 Å². The minimum Gasteiger partial charge on any atom is -0.381 e. The number of ether oxygens (including phenoxy) is 1. The number of H-pyrrole nitrogens is 1. The molecule has 3 heterocycles. The number of benzene rings is 2. The van der Waals surface area contributed by atoms with Gasteiger partial charge in [0, 0.05) is 48.9 Å². The molecule has 0 saturated carbocycles. The number of amides is 1. The Hall–Kier alpha value is -3.66. The van der Waals surface area contributed by atoms with E-state index in [-0.39, 0.29) is 47.0 Å². The zero-order chi connectivity index (χ0) is 24.1. The molecule has 2 aromatic carbocycles. The van der Waals surface area contributed by atoms with Crippen LogP contribution in [0.15, 0.2) is 29.1 Å². The highest BCUT2D eigenvalue weighted by Gasteiger charge is 2.30. The molecule has 2 aliphatic heterocycles.